The molecule has 0 radical (unpaired) electrons. The zero-order chi connectivity index (χ0) is 15.4. The zero-order valence-electron chi connectivity index (χ0n) is 13.0. The van der Waals surface area contributed by atoms with Gasteiger partial charge in [-0.3, -0.25) is 9.48 Å². The van der Waals surface area contributed by atoms with Crippen molar-refractivity contribution in [2.45, 2.75) is 13.8 Å². The fourth-order valence-electron chi connectivity index (χ4n) is 2.28. The van der Waals surface area contributed by atoms with Crippen LogP contribution in [0.3, 0.4) is 0 Å². The quantitative estimate of drug-likeness (QED) is 0.849. The predicted octanol–water partition coefficient (Wildman–Crippen LogP) is 2.58. The van der Waals surface area contributed by atoms with Crippen molar-refractivity contribution in [3.8, 4) is 17.0 Å². The van der Waals surface area contributed by atoms with E-state index >= 15 is 0 Å². The Morgan fingerprint density at radius 2 is 1.86 bits per heavy atom. The van der Waals surface area contributed by atoms with Gasteiger partial charge in [0.1, 0.15) is 5.75 Å². The number of ether oxygens (including phenoxy) is 1. The number of benzene rings is 1. The Balaban J connectivity index is 2.32. The third-order valence-electron chi connectivity index (χ3n) is 3.54. The van der Waals surface area contributed by atoms with Crippen molar-refractivity contribution in [1.29, 1.82) is 0 Å². The molecule has 1 heterocycles. The lowest BCUT2D eigenvalue weighted by atomic mass is 10.1. The van der Waals surface area contributed by atoms with Gasteiger partial charge in [-0.15, -0.1) is 0 Å². The number of hydrogen-bond donors (Lipinski definition) is 0. The van der Waals surface area contributed by atoms with E-state index in [1.807, 2.05) is 51.2 Å². The molecular weight excluding hydrogens is 266 g/mol. The van der Waals surface area contributed by atoms with Gasteiger partial charge in [0.15, 0.2) is 5.69 Å². The summed E-state index contributed by atoms with van der Waals surface area (Å²) in [5, 5.41) is 4.34. The molecule has 0 fully saturated rings. The highest BCUT2D eigenvalue weighted by Crippen LogP contribution is 2.23. The maximum absolute atomic E-state index is 12.3. The van der Waals surface area contributed by atoms with Crippen LogP contribution in [0.5, 0.6) is 5.75 Å². The third-order valence-corrected chi connectivity index (χ3v) is 3.54. The summed E-state index contributed by atoms with van der Waals surface area (Å²) in [4.78, 5) is 14.1. The molecule has 0 atom stereocenters. The molecule has 112 valence electrons. The lowest BCUT2D eigenvalue weighted by Crippen LogP contribution is -2.30. The van der Waals surface area contributed by atoms with Gasteiger partial charge >= 0.3 is 0 Å². The fourth-order valence-corrected chi connectivity index (χ4v) is 2.28. The van der Waals surface area contributed by atoms with Gasteiger partial charge in [-0.05, 0) is 44.2 Å². The van der Waals surface area contributed by atoms with E-state index in [4.69, 9.17) is 4.74 Å². The summed E-state index contributed by atoms with van der Waals surface area (Å²) in [6.45, 7) is 5.30. The summed E-state index contributed by atoms with van der Waals surface area (Å²) in [5.74, 6) is 0.774. The molecule has 0 aliphatic rings. The van der Waals surface area contributed by atoms with Crippen molar-refractivity contribution in [3.05, 3.63) is 36.0 Å². The maximum atomic E-state index is 12.3. The largest absolute Gasteiger partial charge is 0.497 e. The Kier molecular flexibility index (Phi) is 4.62. The number of carbonyl (C=O) groups is 1. The molecule has 21 heavy (non-hydrogen) atoms. The van der Waals surface area contributed by atoms with Crippen LogP contribution in [-0.2, 0) is 7.05 Å². The van der Waals surface area contributed by atoms with Crippen LogP contribution in [0.15, 0.2) is 30.3 Å². The summed E-state index contributed by atoms with van der Waals surface area (Å²) in [7, 11) is 3.48. The molecule has 0 saturated carbocycles. The second-order valence-corrected chi connectivity index (χ2v) is 4.74. The topological polar surface area (TPSA) is 47.4 Å². The van der Waals surface area contributed by atoms with E-state index < -0.39 is 0 Å². The molecule has 0 aliphatic heterocycles. The summed E-state index contributed by atoms with van der Waals surface area (Å²) in [6.07, 6.45) is 0. The summed E-state index contributed by atoms with van der Waals surface area (Å²) in [5.41, 5.74) is 2.39. The minimum atomic E-state index is -0.0321. The number of hydrogen-bond acceptors (Lipinski definition) is 3. The van der Waals surface area contributed by atoms with Crippen LogP contribution in [-0.4, -0.2) is 40.8 Å². The van der Waals surface area contributed by atoms with E-state index in [2.05, 4.69) is 5.10 Å². The Labute approximate surface area is 125 Å². The van der Waals surface area contributed by atoms with Gasteiger partial charge in [0.05, 0.1) is 12.8 Å². The van der Waals surface area contributed by atoms with E-state index in [1.54, 1.807) is 16.7 Å². The van der Waals surface area contributed by atoms with Crippen molar-refractivity contribution >= 4 is 5.91 Å². The van der Waals surface area contributed by atoms with Gasteiger partial charge in [0.2, 0.25) is 0 Å². The highest BCUT2D eigenvalue weighted by Gasteiger charge is 2.18. The van der Waals surface area contributed by atoms with Gasteiger partial charge in [0.25, 0.3) is 5.91 Å². The van der Waals surface area contributed by atoms with Gasteiger partial charge in [-0.25, -0.2) is 0 Å². The predicted molar refractivity (Wildman–Crippen MR) is 82.4 cm³/mol. The summed E-state index contributed by atoms with van der Waals surface area (Å²) in [6, 6.07) is 9.55. The molecule has 0 aliphatic carbocycles. The standard InChI is InChI=1S/C16H21N3O2/c1-5-19(6-2)16(20)14-11-15(18(3)17-14)12-7-9-13(21-4)10-8-12/h7-11H,5-6H2,1-4H3. The molecule has 1 amide bonds. The third kappa shape index (κ3) is 3.07. The number of nitrogens with zero attached hydrogens (tertiary/aromatic N) is 3. The second-order valence-electron chi connectivity index (χ2n) is 4.74. The number of rotatable bonds is 5. The van der Waals surface area contributed by atoms with Crippen LogP contribution in [0.4, 0.5) is 0 Å². The number of carbonyl (C=O) groups excluding carboxylic acids is 1. The first-order valence-electron chi connectivity index (χ1n) is 7.08. The fraction of sp³-hybridized carbons (Fsp3) is 0.375. The molecule has 2 rings (SSSR count). The highest BCUT2D eigenvalue weighted by molar-refractivity contribution is 5.93. The van der Waals surface area contributed by atoms with Crippen molar-refractivity contribution < 1.29 is 9.53 Å². The Morgan fingerprint density at radius 3 is 2.38 bits per heavy atom. The van der Waals surface area contributed by atoms with Crippen LogP contribution in [0.2, 0.25) is 0 Å². The van der Waals surface area contributed by atoms with Gasteiger partial charge < -0.3 is 9.64 Å². The molecule has 5 nitrogen and oxygen atoms in total. The zero-order valence-corrected chi connectivity index (χ0v) is 13.0. The normalized spacial score (nSPS) is 10.5. The van der Waals surface area contributed by atoms with Gasteiger partial charge in [0, 0.05) is 25.7 Å². The minimum Gasteiger partial charge on any atom is -0.497 e. The van der Waals surface area contributed by atoms with Crippen LogP contribution < -0.4 is 4.74 Å². The number of amides is 1. The van der Waals surface area contributed by atoms with E-state index in [0.717, 1.165) is 17.0 Å². The van der Waals surface area contributed by atoms with Crippen LogP contribution in [0, 0.1) is 0 Å². The Hall–Kier alpha value is -2.30. The first-order valence-corrected chi connectivity index (χ1v) is 7.08. The van der Waals surface area contributed by atoms with Crippen molar-refractivity contribution in [3.63, 3.8) is 0 Å². The molecule has 0 saturated heterocycles. The second kappa shape index (κ2) is 6.43. The lowest BCUT2D eigenvalue weighted by Gasteiger charge is -2.16. The number of aromatic nitrogens is 2. The smallest absolute Gasteiger partial charge is 0.274 e. The average Bonchev–Trinajstić information content (AvgIpc) is 2.90. The maximum Gasteiger partial charge on any atom is 0.274 e. The molecule has 5 heteroatoms. The molecular formula is C16H21N3O2. The Morgan fingerprint density at radius 1 is 1.24 bits per heavy atom. The van der Waals surface area contributed by atoms with Crippen LogP contribution in [0.25, 0.3) is 11.3 Å². The SMILES string of the molecule is CCN(CC)C(=O)c1cc(-c2ccc(OC)cc2)n(C)n1. The van der Waals surface area contributed by atoms with Crippen molar-refractivity contribution in [2.24, 2.45) is 7.05 Å². The van der Waals surface area contributed by atoms with Crippen LogP contribution >= 0.6 is 0 Å². The molecule has 0 N–H and O–H groups in total. The van der Waals surface area contributed by atoms with E-state index in [0.29, 0.717) is 18.8 Å². The monoisotopic (exact) mass is 287 g/mol. The molecule has 0 bridgehead atoms. The van der Waals surface area contributed by atoms with E-state index in [1.165, 1.54) is 0 Å². The number of aryl methyl sites for hydroxylation is 1. The first kappa shape index (κ1) is 15.1. The minimum absolute atomic E-state index is 0.0321. The van der Waals surface area contributed by atoms with Crippen molar-refractivity contribution in [1.82, 2.24) is 14.7 Å². The average molecular weight is 287 g/mol. The lowest BCUT2D eigenvalue weighted by molar-refractivity contribution is 0.0766. The molecule has 2 aromatic rings. The highest BCUT2D eigenvalue weighted by atomic mass is 16.5. The van der Waals surface area contributed by atoms with Gasteiger partial charge in [-0.1, -0.05) is 0 Å². The van der Waals surface area contributed by atoms with Crippen molar-refractivity contribution in [2.75, 3.05) is 20.2 Å². The molecule has 0 spiro atoms. The van der Waals surface area contributed by atoms with Crippen LogP contribution in [0.1, 0.15) is 24.3 Å². The summed E-state index contributed by atoms with van der Waals surface area (Å²) < 4.78 is 6.89. The van der Waals surface area contributed by atoms with Gasteiger partial charge in [-0.2, -0.15) is 5.10 Å². The molecule has 1 aromatic heterocycles. The van der Waals surface area contributed by atoms with E-state index in [-0.39, 0.29) is 5.91 Å². The molecule has 0 unspecified atom stereocenters. The number of methoxy groups -OCH3 is 1. The summed E-state index contributed by atoms with van der Waals surface area (Å²) >= 11 is 0. The molecule has 1 aromatic carbocycles. The van der Waals surface area contributed by atoms with E-state index in [9.17, 15) is 4.79 Å². The first-order chi connectivity index (χ1) is 10.1. The Bertz CT molecular complexity index is 613.